The van der Waals surface area contributed by atoms with Crippen molar-refractivity contribution >= 4 is 35.1 Å². The first kappa shape index (κ1) is 30.8. The summed E-state index contributed by atoms with van der Waals surface area (Å²) < 4.78 is 0. The van der Waals surface area contributed by atoms with Crippen molar-refractivity contribution in [3.63, 3.8) is 0 Å². The average molecular weight is 639 g/mol. The highest BCUT2D eigenvalue weighted by Crippen LogP contribution is 2.42. The lowest BCUT2D eigenvalue weighted by molar-refractivity contribution is 0.0974. The summed E-state index contributed by atoms with van der Waals surface area (Å²) in [5.41, 5.74) is 7.03. The third kappa shape index (κ3) is 6.26. The molecule has 0 radical (unpaired) electrons. The van der Waals surface area contributed by atoms with Crippen LogP contribution in [0.3, 0.4) is 0 Å². The molecular weight excluding hydrogens is 601 g/mol. The Morgan fingerprint density at radius 3 is 1.57 bits per heavy atom. The highest BCUT2D eigenvalue weighted by molar-refractivity contribution is 7.99. The van der Waals surface area contributed by atoms with Gasteiger partial charge in [-0.05, 0) is 97.5 Å². The fraction of sp³-hybridized carbons (Fsp3) is 0.238. The standard InChI is InChI=1S/C42H38O2S2/c1-3-6-28-13-15-29(16-14-28)30-17-19-31(20-18-30)32-21-25-34(26-22-32)46-38-10-5-8-36-40(38)42(44)35-7-4-9-37(39(35)41(36)43)45-33-23-11-27(2)12-24-33/h4-5,7-12,17-26,28-29H,3,6,13-16H2,1-2H3. The lowest BCUT2D eigenvalue weighted by Crippen LogP contribution is -2.22. The van der Waals surface area contributed by atoms with Gasteiger partial charge in [0.1, 0.15) is 0 Å². The summed E-state index contributed by atoms with van der Waals surface area (Å²) in [6.45, 7) is 4.36. The highest BCUT2D eigenvalue weighted by Gasteiger charge is 2.33. The van der Waals surface area contributed by atoms with Crippen molar-refractivity contribution in [2.45, 2.75) is 77.9 Å². The Kier molecular flexibility index (Phi) is 9.01. The predicted molar refractivity (Wildman–Crippen MR) is 191 cm³/mol. The summed E-state index contributed by atoms with van der Waals surface area (Å²) in [6, 6.07) is 37.2. The summed E-state index contributed by atoms with van der Waals surface area (Å²) in [4.78, 5) is 31.6. The van der Waals surface area contributed by atoms with Gasteiger partial charge in [-0.15, -0.1) is 0 Å². The van der Waals surface area contributed by atoms with Gasteiger partial charge in [-0.1, -0.05) is 122 Å². The lowest BCUT2D eigenvalue weighted by Gasteiger charge is -2.28. The molecule has 46 heavy (non-hydrogen) atoms. The fourth-order valence-electron chi connectivity index (χ4n) is 7.06. The average Bonchev–Trinajstić information content (AvgIpc) is 3.09. The van der Waals surface area contributed by atoms with Gasteiger partial charge in [0, 0.05) is 41.8 Å². The van der Waals surface area contributed by atoms with Crippen molar-refractivity contribution in [3.05, 3.63) is 143 Å². The van der Waals surface area contributed by atoms with Gasteiger partial charge in [0.2, 0.25) is 0 Å². The van der Waals surface area contributed by atoms with Gasteiger partial charge in [0.25, 0.3) is 0 Å². The minimum atomic E-state index is -0.0883. The van der Waals surface area contributed by atoms with Gasteiger partial charge >= 0.3 is 0 Å². The van der Waals surface area contributed by atoms with Crippen LogP contribution in [0.2, 0.25) is 0 Å². The molecule has 4 heteroatoms. The van der Waals surface area contributed by atoms with Crippen LogP contribution in [0, 0.1) is 12.8 Å². The monoisotopic (exact) mass is 638 g/mol. The quantitative estimate of drug-likeness (QED) is 0.166. The first-order chi connectivity index (χ1) is 22.5. The molecule has 0 atom stereocenters. The van der Waals surface area contributed by atoms with Gasteiger partial charge in [0.05, 0.1) is 0 Å². The zero-order valence-electron chi connectivity index (χ0n) is 26.4. The molecule has 0 amide bonds. The molecular formula is C42H38O2S2. The third-order valence-corrected chi connectivity index (χ3v) is 11.7. The summed E-state index contributed by atoms with van der Waals surface area (Å²) in [6.07, 6.45) is 8.04. The van der Waals surface area contributed by atoms with Crippen LogP contribution in [0.5, 0.6) is 0 Å². The van der Waals surface area contributed by atoms with Crippen molar-refractivity contribution < 1.29 is 9.59 Å². The molecule has 1 fully saturated rings. The second kappa shape index (κ2) is 13.5. The van der Waals surface area contributed by atoms with Crippen LogP contribution >= 0.6 is 23.5 Å². The Hall–Kier alpha value is -3.86. The van der Waals surface area contributed by atoms with Crippen LogP contribution < -0.4 is 0 Å². The molecule has 0 spiro atoms. The maximum atomic E-state index is 14.0. The van der Waals surface area contributed by atoms with E-state index in [9.17, 15) is 9.59 Å². The van der Waals surface area contributed by atoms with E-state index in [1.165, 1.54) is 72.5 Å². The van der Waals surface area contributed by atoms with Crippen molar-refractivity contribution in [2.75, 3.05) is 0 Å². The van der Waals surface area contributed by atoms with Gasteiger partial charge in [-0.2, -0.15) is 0 Å². The number of rotatable bonds is 8. The van der Waals surface area contributed by atoms with Crippen LogP contribution in [0.4, 0.5) is 0 Å². The normalized spacial score (nSPS) is 17.4. The number of benzene rings is 5. The Labute approximate surface area is 281 Å². The number of aryl methyl sites for hydroxylation is 1. The Bertz CT molecular complexity index is 1880. The van der Waals surface area contributed by atoms with Gasteiger partial charge in [0.15, 0.2) is 11.6 Å². The minimum absolute atomic E-state index is 0.0879. The van der Waals surface area contributed by atoms with Crippen molar-refractivity contribution in [1.82, 2.24) is 0 Å². The zero-order valence-corrected chi connectivity index (χ0v) is 28.1. The molecule has 2 aliphatic rings. The number of fused-ring (bicyclic) bond motifs is 2. The molecule has 0 aromatic heterocycles. The first-order valence-electron chi connectivity index (χ1n) is 16.5. The van der Waals surface area contributed by atoms with Crippen molar-refractivity contribution in [1.29, 1.82) is 0 Å². The van der Waals surface area contributed by atoms with Crippen LogP contribution in [-0.4, -0.2) is 11.6 Å². The third-order valence-electron chi connectivity index (χ3n) is 9.59. The van der Waals surface area contributed by atoms with E-state index in [4.69, 9.17) is 0 Å². The van der Waals surface area contributed by atoms with E-state index in [0.717, 1.165) is 25.5 Å². The van der Waals surface area contributed by atoms with Crippen LogP contribution in [0.1, 0.15) is 94.3 Å². The maximum Gasteiger partial charge on any atom is 0.195 e. The molecule has 0 heterocycles. The number of carbonyl (C=O) groups excluding carboxylic acids is 2. The molecule has 0 unspecified atom stereocenters. The molecule has 230 valence electrons. The van der Waals surface area contributed by atoms with E-state index in [2.05, 4.69) is 86.6 Å². The maximum absolute atomic E-state index is 14.0. The number of hydrogen-bond acceptors (Lipinski definition) is 4. The van der Waals surface area contributed by atoms with Crippen LogP contribution in [0.15, 0.2) is 129 Å². The molecule has 0 bridgehead atoms. The van der Waals surface area contributed by atoms with Gasteiger partial charge in [-0.25, -0.2) is 0 Å². The Morgan fingerprint density at radius 2 is 1.07 bits per heavy atom. The molecule has 5 aromatic rings. The summed E-state index contributed by atoms with van der Waals surface area (Å²) in [5, 5.41) is 0. The van der Waals surface area contributed by atoms with Crippen molar-refractivity contribution in [3.8, 4) is 11.1 Å². The SMILES string of the molecule is CCCC1CCC(c2ccc(-c3ccc(Sc4cccc5c4C(=O)c4cccc(Sc6ccc(C)cc6)c4C5=O)cc3)cc2)CC1. The highest BCUT2D eigenvalue weighted by atomic mass is 32.2. The first-order valence-corrected chi connectivity index (χ1v) is 18.1. The lowest BCUT2D eigenvalue weighted by atomic mass is 9.77. The molecule has 0 N–H and O–H groups in total. The molecule has 7 rings (SSSR count). The van der Waals surface area contributed by atoms with Crippen molar-refractivity contribution in [2.24, 2.45) is 5.92 Å². The number of ketones is 2. The summed E-state index contributed by atoms with van der Waals surface area (Å²) in [5.74, 6) is 1.44. The van der Waals surface area contributed by atoms with E-state index >= 15 is 0 Å². The zero-order chi connectivity index (χ0) is 31.6. The minimum Gasteiger partial charge on any atom is -0.289 e. The van der Waals surface area contributed by atoms with E-state index in [1.807, 2.05) is 24.3 Å². The largest absolute Gasteiger partial charge is 0.289 e. The number of hydrogen-bond donors (Lipinski definition) is 0. The van der Waals surface area contributed by atoms with E-state index in [-0.39, 0.29) is 11.6 Å². The van der Waals surface area contributed by atoms with E-state index < -0.39 is 0 Å². The predicted octanol–water partition coefficient (Wildman–Crippen LogP) is 11.8. The van der Waals surface area contributed by atoms with Gasteiger partial charge in [-0.3, -0.25) is 9.59 Å². The molecule has 2 aliphatic carbocycles. The molecule has 2 nitrogen and oxygen atoms in total. The fourth-order valence-corrected chi connectivity index (χ4v) is 9.02. The summed E-state index contributed by atoms with van der Waals surface area (Å²) >= 11 is 3.07. The second-order valence-corrected chi connectivity index (χ2v) is 14.9. The number of carbonyl (C=O) groups is 2. The van der Waals surface area contributed by atoms with E-state index in [1.54, 1.807) is 23.9 Å². The molecule has 5 aromatic carbocycles. The molecule has 0 aliphatic heterocycles. The van der Waals surface area contributed by atoms with Gasteiger partial charge < -0.3 is 0 Å². The van der Waals surface area contributed by atoms with Crippen LogP contribution in [-0.2, 0) is 0 Å². The molecule has 0 saturated heterocycles. The smallest absolute Gasteiger partial charge is 0.195 e. The topological polar surface area (TPSA) is 34.1 Å². The Morgan fingerprint density at radius 1 is 0.587 bits per heavy atom. The Balaban J connectivity index is 1.08. The van der Waals surface area contributed by atoms with Crippen LogP contribution in [0.25, 0.3) is 11.1 Å². The van der Waals surface area contributed by atoms with E-state index in [0.29, 0.717) is 28.2 Å². The summed E-state index contributed by atoms with van der Waals surface area (Å²) in [7, 11) is 0. The molecule has 1 saturated carbocycles. The second-order valence-electron chi connectivity index (χ2n) is 12.7.